The summed E-state index contributed by atoms with van der Waals surface area (Å²) in [4.78, 5) is 3.58. The van der Waals surface area contributed by atoms with E-state index in [4.69, 9.17) is 5.26 Å². The van der Waals surface area contributed by atoms with Gasteiger partial charge in [-0.05, 0) is 34.2 Å². The zero-order chi connectivity index (χ0) is 10.8. The van der Waals surface area contributed by atoms with Crippen molar-refractivity contribution in [2.24, 2.45) is 0 Å². The number of alkyl halides is 3. The van der Waals surface area contributed by atoms with Crippen molar-refractivity contribution in [2.45, 2.75) is 12.6 Å². The Bertz CT molecular complexity index is 381. The topological polar surface area (TPSA) is 36.7 Å². The lowest BCUT2D eigenvalue weighted by atomic mass is 10.1. The van der Waals surface area contributed by atoms with Gasteiger partial charge in [-0.15, -0.1) is 0 Å². The van der Waals surface area contributed by atoms with Crippen LogP contribution in [0.3, 0.4) is 0 Å². The molecule has 74 valence electrons. The van der Waals surface area contributed by atoms with Gasteiger partial charge in [0.15, 0.2) is 0 Å². The van der Waals surface area contributed by atoms with Gasteiger partial charge in [0.1, 0.15) is 3.70 Å². The quantitative estimate of drug-likeness (QED) is 0.590. The molecular formula is C8H4F3IN2. The molecule has 0 spiro atoms. The molecule has 1 rings (SSSR count). The first-order valence-corrected chi connectivity index (χ1v) is 4.61. The largest absolute Gasteiger partial charge is 0.417 e. The van der Waals surface area contributed by atoms with E-state index in [-0.39, 0.29) is 6.42 Å². The van der Waals surface area contributed by atoms with Gasteiger partial charge >= 0.3 is 6.18 Å². The van der Waals surface area contributed by atoms with Crippen molar-refractivity contribution in [3.63, 3.8) is 0 Å². The van der Waals surface area contributed by atoms with Gasteiger partial charge in [-0.25, -0.2) is 4.98 Å². The second kappa shape index (κ2) is 4.13. The summed E-state index contributed by atoms with van der Waals surface area (Å²) < 4.78 is 37.1. The summed E-state index contributed by atoms with van der Waals surface area (Å²) in [5.41, 5.74) is -0.508. The molecule has 14 heavy (non-hydrogen) atoms. The highest BCUT2D eigenvalue weighted by molar-refractivity contribution is 14.1. The molecule has 1 aromatic heterocycles. The average Bonchev–Trinajstić information content (AvgIpc) is 2.07. The molecule has 0 atom stereocenters. The smallest absolute Gasteiger partial charge is 0.249 e. The van der Waals surface area contributed by atoms with E-state index in [1.807, 2.05) is 0 Å². The van der Waals surface area contributed by atoms with Crippen LogP contribution in [0.2, 0.25) is 0 Å². The standard InChI is InChI=1S/C8H4F3IN2/c9-8(10,11)6-3-5(1-2-13)7(12)14-4-6/h3-4H,1H2. The molecule has 0 amide bonds. The molecule has 0 fully saturated rings. The molecule has 6 heteroatoms. The van der Waals surface area contributed by atoms with Crippen molar-refractivity contribution < 1.29 is 13.2 Å². The highest BCUT2D eigenvalue weighted by atomic mass is 127. The molecule has 1 heterocycles. The summed E-state index contributed by atoms with van der Waals surface area (Å²) in [6.45, 7) is 0. The monoisotopic (exact) mass is 312 g/mol. The minimum absolute atomic E-state index is 0.0603. The number of hydrogen-bond acceptors (Lipinski definition) is 2. The van der Waals surface area contributed by atoms with Crippen molar-refractivity contribution >= 4 is 22.6 Å². The van der Waals surface area contributed by atoms with Crippen LogP contribution in [-0.2, 0) is 12.6 Å². The third kappa shape index (κ3) is 2.57. The predicted octanol–water partition coefficient (Wildman–Crippen LogP) is 2.77. The summed E-state index contributed by atoms with van der Waals surface area (Å²) in [7, 11) is 0. The van der Waals surface area contributed by atoms with Crippen LogP contribution in [0.1, 0.15) is 11.1 Å². The minimum Gasteiger partial charge on any atom is -0.249 e. The summed E-state index contributed by atoms with van der Waals surface area (Å²) in [6.07, 6.45) is -3.70. The van der Waals surface area contributed by atoms with Crippen LogP contribution in [0, 0.1) is 15.0 Å². The first kappa shape index (κ1) is 11.2. The lowest BCUT2D eigenvalue weighted by Crippen LogP contribution is -2.07. The minimum atomic E-state index is -4.40. The normalized spacial score (nSPS) is 11.1. The second-order valence-corrected chi connectivity index (χ2v) is 3.53. The van der Waals surface area contributed by atoms with E-state index in [0.717, 1.165) is 12.3 Å². The number of hydrogen-bond donors (Lipinski definition) is 0. The number of pyridine rings is 1. The van der Waals surface area contributed by atoms with Crippen molar-refractivity contribution in [1.29, 1.82) is 5.26 Å². The first-order valence-electron chi connectivity index (χ1n) is 3.53. The molecule has 1 aromatic rings. The van der Waals surface area contributed by atoms with Crippen LogP contribution in [-0.4, -0.2) is 4.98 Å². The number of rotatable bonds is 1. The highest BCUT2D eigenvalue weighted by Gasteiger charge is 2.31. The maximum atomic E-state index is 12.2. The maximum Gasteiger partial charge on any atom is 0.417 e. The van der Waals surface area contributed by atoms with E-state index >= 15 is 0 Å². The molecule has 2 nitrogen and oxygen atoms in total. The van der Waals surface area contributed by atoms with Gasteiger partial charge in [0.25, 0.3) is 0 Å². The Labute approximate surface area is 91.9 Å². The summed E-state index contributed by atoms with van der Waals surface area (Å²) in [5.74, 6) is 0. The molecule has 0 saturated heterocycles. The molecular weight excluding hydrogens is 308 g/mol. The maximum absolute atomic E-state index is 12.2. The van der Waals surface area contributed by atoms with Crippen LogP contribution in [0.4, 0.5) is 13.2 Å². The third-order valence-corrected chi connectivity index (χ3v) is 2.48. The Balaban J connectivity index is 3.14. The molecule has 0 bridgehead atoms. The number of nitriles is 1. The van der Waals surface area contributed by atoms with E-state index in [1.54, 1.807) is 28.7 Å². The number of aromatic nitrogens is 1. The average molecular weight is 312 g/mol. The lowest BCUT2D eigenvalue weighted by molar-refractivity contribution is -0.137. The number of nitrogens with zero attached hydrogens (tertiary/aromatic N) is 2. The van der Waals surface area contributed by atoms with Gasteiger partial charge in [0, 0.05) is 6.20 Å². The van der Waals surface area contributed by atoms with Crippen molar-refractivity contribution in [3.05, 3.63) is 27.1 Å². The van der Waals surface area contributed by atoms with E-state index < -0.39 is 11.7 Å². The van der Waals surface area contributed by atoms with Crippen LogP contribution in [0.5, 0.6) is 0 Å². The molecule has 0 radical (unpaired) electrons. The fourth-order valence-corrected chi connectivity index (χ4v) is 1.34. The molecule has 0 saturated carbocycles. The zero-order valence-corrected chi connectivity index (χ0v) is 8.93. The Hall–Kier alpha value is -0.840. The van der Waals surface area contributed by atoms with E-state index in [9.17, 15) is 13.2 Å². The van der Waals surface area contributed by atoms with Gasteiger partial charge in [-0.1, -0.05) is 0 Å². The molecule has 0 aromatic carbocycles. The van der Waals surface area contributed by atoms with Gasteiger partial charge in [-0.2, -0.15) is 18.4 Å². The molecule has 0 aliphatic heterocycles. The fourth-order valence-electron chi connectivity index (χ4n) is 0.858. The predicted molar refractivity (Wildman–Crippen MR) is 51.3 cm³/mol. The van der Waals surface area contributed by atoms with E-state index in [1.165, 1.54) is 0 Å². The van der Waals surface area contributed by atoms with Gasteiger partial charge in [-0.3, -0.25) is 0 Å². The Morgan fingerprint density at radius 2 is 2.14 bits per heavy atom. The Morgan fingerprint density at radius 3 is 2.64 bits per heavy atom. The van der Waals surface area contributed by atoms with Crippen LogP contribution in [0.15, 0.2) is 12.3 Å². The van der Waals surface area contributed by atoms with Crippen LogP contribution >= 0.6 is 22.6 Å². The second-order valence-electron chi connectivity index (χ2n) is 2.51. The summed E-state index contributed by atoms with van der Waals surface area (Å²) in [5, 5.41) is 8.38. The van der Waals surface area contributed by atoms with E-state index in [2.05, 4.69) is 4.98 Å². The highest BCUT2D eigenvalue weighted by Crippen LogP contribution is 2.29. The van der Waals surface area contributed by atoms with Crippen LogP contribution < -0.4 is 0 Å². The Kier molecular flexibility index (Phi) is 3.31. The van der Waals surface area contributed by atoms with E-state index in [0.29, 0.717) is 9.26 Å². The van der Waals surface area contributed by atoms with Gasteiger partial charge in [0.05, 0.1) is 18.1 Å². The van der Waals surface area contributed by atoms with Crippen LogP contribution in [0.25, 0.3) is 0 Å². The van der Waals surface area contributed by atoms with Crippen molar-refractivity contribution in [1.82, 2.24) is 4.98 Å². The third-order valence-electron chi connectivity index (χ3n) is 1.51. The molecule has 0 N–H and O–H groups in total. The SMILES string of the molecule is N#CCc1cc(C(F)(F)F)cnc1I. The zero-order valence-electron chi connectivity index (χ0n) is 6.77. The van der Waals surface area contributed by atoms with Crippen molar-refractivity contribution in [3.8, 4) is 6.07 Å². The summed E-state index contributed by atoms with van der Waals surface area (Å²) >= 11 is 1.80. The fraction of sp³-hybridized carbons (Fsp3) is 0.250. The molecule has 0 aliphatic rings. The summed E-state index contributed by atoms with van der Waals surface area (Å²) in [6, 6.07) is 2.75. The molecule has 0 aliphatic carbocycles. The molecule has 0 unspecified atom stereocenters. The lowest BCUT2D eigenvalue weighted by Gasteiger charge is -2.07. The number of halogens is 4. The van der Waals surface area contributed by atoms with Crippen molar-refractivity contribution in [2.75, 3.05) is 0 Å². The first-order chi connectivity index (χ1) is 6.45. The van der Waals surface area contributed by atoms with Gasteiger partial charge < -0.3 is 0 Å². The van der Waals surface area contributed by atoms with Gasteiger partial charge in [0.2, 0.25) is 0 Å². The Morgan fingerprint density at radius 1 is 1.50 bits per heavy atom.